The molecule has 8 unspecified atom stereocenters. The van der Waals surface area contributed by atoms with Crippen LogP contribution >= 0.6 is 47.0 Å². The molecule has 0 saturated carbocycles. The molecular formula is C80H118N8O38S4. The third-order valence-electron chi connectivity index (χ3n) is 14.7. The molecule has 8 amide bonds. The summed E-state index contributed by atoms with van der Waals surface area (Å²) in [6.45, 7) is 32.2. The van der Waals surface area contributed by atoms with Crippen molar-refractivity contribution in [2.45, 2.75) is 93.7 Å². The summed E-state index contributed by atoms with van der Waals surface area (Å²) in [5, 5.41) is 19.0. The van der Waals surface area contributed by atoms with Crippen molar-refractivity contribution < 1.29 is 181 Å². The van der Waals surface area contributed by atoms with Gasteiger partial charge in [-0.25, -0.2) is 71.9 Å². The fourth-order valence-electron chi connectivity index (χ4n) is 7.98. The summed E-state index contributed by atoms with van der Waals surface area (Å²) in [6, 6.07) is 0. The van der Waals surface area contributed by atoms with Crippen LogP contribution in [0.5, 0.6) is 0 Å². The summed E-state index contributed by atoms with van der Waals surface area (Å²) in [5.41, 5.74) is 0.722. The number of thioether (sulfide) groups is 4. The molecule has 130 heavy (non-hydrogen) atoms. The van der Waals surface area contributed by atoms with Crippen molar-refractivity contribution >= 4 is 161 Å². The van der Waals surface area contributed by atoms with Gasteiger partial charge in [0.15, 0.2) is 6.61 Å². The van der Waals surface area contributed by atoms with Crippen LogP contribution in [0.2, 0.25) is 0 Å². The number of rotatable bonds is 66. The molecule has 0 aliphatic carbocycles. The van der Waals surface area contributed by atoms with Gasteiger partial charge in [0.05, 0.1) is 76.0 Å². The van der Waals surface area contributed by atoms with E-state index < -0.39 is 201 Å². The van der Waals surface area contributed by atoms with Crippen molar-refractivity contribution in [2.75, 3.05) is 184 Å². The van der Waals surface area contributed by atoms with Gasteiger partial charge in [-0.15, -0.1) is 0 Å². The third kappa shape index (κ3) is 62.2. The number of nitrogens with one attached hydrogen (secondary N) is 8. The molecule has 0 aliphatic heterocycles. The average Bonchev–Trinajstić information content (AvgIpc) is 0.921. The normalized spacial score (nSPS) is 12.3. The number of esters is 11. The smallest absolute Gasteiger partial charge is 0.415 e. The Balaban J connectivity index is 5.94. The van der Waals surface area contributed by atoms with Crippen molar-refractivity contribution in [1.82, 2.24) is 42.5 Å². The lowest BCUT2D eigenvalue weighted by atomic mass is 10.2. The third-order valence-corrected chi connectivity index (χ3v) is 20.1. The van der Waals surface area contributed by atoms with Crippen LogP contribution in [0.25, 0.3) is 0 Å². The Morgan fingerprint density at radius 1 is 0.238 bits per heavy atom. The SMILES string of the molecule is C=C(OC(=O)NCCOC(=O)C(C)CSCC(COC(=O)NCCOC(=O)C(=C)C)OC(=O)NCCOC(=O)C(=C)C)OC(=O)C(C)CSCC(COC(=O)NCCOC(=O)C(C)CSCC(COC(=O)NCCOC(=O)C(=C)C)OC(=O)COC(=O)C(=C)C)OC(=O)NCCOC(=O)C(C)CSCC(COC(=O)NCCOC(=O)C(=C)C)OC(=O)NCCOC(=O)C(=C)C. The molecule has 0 saturated heterocycles. The maximum absolute atomic E-state index is 13.2. The van der Waals surface area contributed by atoms with Gasteiger partial charge in [0, 0.05) is 79.5 Å². The number of hydrogen-bond donors (Lipinski definition) is 8. The quantitative estimate of drug-likeness (QED) is 0.0135. The average molecular weight is 1930 g/mol. The lowest BCUT2D eigenvalue weighted by molar-refractivity contribution is -0.161. The van der Waals surface area contributed by atoms with E-state index in [0.717, 1.165) is 47.0 Å². The second-order valence-electron chi connectivity index (χ2n) is 27.4. The zero-order chi connectivity index (χ0) is 98.1. The molecule has 50 heteroatoms. The van der Waals surface area contributed by atoms with Gasteiger partial charge in [0.25, 0.3) is 5.95 Å². The Bertz CT molecular complexity index is 3870. The Morgan fingerprint density at radius 3 is 0.692 bits per heavy atom. The van der Waals surface area contributed by atoms with Crippen molar-refractivity contribution in [3.8, 4) is 0 Å². The van der Waals surface area contributed by atoms with Crippen LogP contribution in [-0.4, -0.2) is 323 Å². The maximum Gasteiger partial charge on any atom is 0.415 e. The molecule has 0 aromatic rings. The summed E-state index contributed by atoms with van der Waals surface area (Å²) < 4.78 is 98.0. The van der Waals surface area contributed by atoms with E-state index in [1.807, 2.05) is 0 Å². The highest BCUT2D eigenvalue weighted by atomic mass is 32.2. The minimum atomic E-state index is -1.26. The topological polar surface area (TPSA) is 596 Å². The molecule has 0 rings (SSSR count). The molecular weight excluding hydrogens is 1810 g/mol. The van der Waals surface area contributed by atoms with E-state index in [4.69, 9.17) is 90.0 Å². The standard InChI is InChI=1S/C80H118N8O38S4/c1-47(2)63(90)108-26-18-81-73(100)117-34-58(123-62(89)38-116-68(95)52(11)12)43-127-39-53(13)69(96)113-31-21-84-76(103)120-37-61(126-80(107)88-25-33-115-71(98)55(15)41-129-45-60(125-79(106)87-23-30-112-67(94)51(9)10)36-119-75(102)83-20-28-110-65(92)49(5)6)46-130-42-56(16)72(99)121-57(17)122-77(104)85-24-32-114-70(97)54(14)40-128-44-59(124-78(105)86-22-29-111-66(93)50(7)8)35-118-74(101)82-19-27-109-64(91)48(3)4/h53-56,58-61H,1,3,5,7,9,11,17-46H2,2,4,6,8,10,12-16H3,(H,81,100)(H,82,101)(H,83,102)(H,84,103)(H,85,104)(H,86,105)(H,87,106)(H,88,107). The first kappa shape index (κ1) is 118. The summed E-state index contributed by atoms with van der Waals surface area (Å²) in [5.74, 6) is -12.5. The number of amides is 8. The van der Waals surface area contributed by atoms with Crippen molar-refractivity contribution in [3.63, 3.8) is 0 Å². The molecule has 46 nitrogen and oxygen atoms in total. The lowest BCUT2D eigenvalue weighted by Gasteiger charge is -2.20. The monoisotopic (exact) mass is 1930 g/mol. The van der Waals surface area contributed by atoms with Gasteiger partial charge in [-0.1, -0.05) is 67.2 Å². The van der Waals surface area contributed by atoms with Crippen LogP contribution in [0.4, 0.5) is 38.4 Å². The van der Waals surface area contributed by atoms with E-state index in [1.165, 1.54) is 69.2 Å². The maximum atomic E-state index is 13.2. The number of hydrogen-bond acceptors (Lipinski definition) is 42. The van der Waals surface area contributed by atoms with E-state index in [1.54, 1.807) is 0 Å². The first-order chi connectivity index (χ1) is 61.4. The van der Waals surface area contributed by atoms with Crippen LogP contribution < -0.4 is 42.5 Å². The van der Waals surface area contributed by atoms with Gasteiger partial charge in [0.1, 0.15) is 104 Å². The van der Waals surface area contributed by atoms with Crippen LogP contribution in [-0.2, 0) is 143 Å². The first-order valence-electron chi connectivity index (χ1n) is 39.7. The minimum absolute atomic E-state index is 0.00212. The van der Waals surface area contributed by atoms with Crippen LogP contribution in [0.3, 0.4) is 0 Å². The fraction of sp³-hybridized carbons (Fsp3) is 0.588. The van der Waals surface area contributed by atoms with Gasteiger partial charge in [-0.05, 0) is 48.1 Å². The zero-order valence-corrected chi connectivity index (χ0v) is 77.5. The van der Waals surface area contributed by atoms with E-state index in [9.17, 15) is 91.1 Å². The predicted molar refractivity (Wildman–Crippen MR) is 465 cm³/mol. The number of alkyl carbamates (subject to hydrolysis) is 8. The highest BCUT2D eigenvalue weighted by Crippen LogP contribution is 2.20. The second kappa shape index (κ2) is 69.9. The van der Waals surface area contributed by atoms with Gasteiger partial charge < -0.3 is 133 Å². The molecule has 0 heterocycles. The lowest BCUT2D eigenvalue weighted by Crippen LogP contribution is -2.37. The van der Waals surface area contributed by atoms with Gasteiger partial charge >= 0.3 is 114 Å². The van der Waals surface area contributed by atoms with E-state index >= 15 is 0 Å². The number of carbonyl (C=O) groups is 19. The largest absolute Gasteiger partial charge is 0.464 e. The molecule has 0 aromatic carbocycles. The molecule has 0 spiro atoms. The fourth-order valence-corrected chi connectivity index (χ4v) is 12.2. The van der Waals surface area contributed by atoms with Gasteiger partial charge in [-0.2, -0.15) is 47.0 Å². The highest BCUT2D eigenvalue weighted by molar-refractivity contribution is 8.00. The predicted octanol–water partition coefficient (Wildman–Crippen LogP) is 4.65. The number of ether oxygens (including phenoxy) is 19. The van der Waals surface area contributed by atoms with Gasteiger partial charge in [-0.3, -0.25) is 19.2 Å². The molecule has 0 bridgehead atoms. The zero-order valence-electron chi connectivity index (χ0n) is 74.2. The molecule has 8 atom stereocenters. The second-order valence-corrected chi connectivity index (χ2v) is 31.7. The van der Waals surface area contributed by atoms with Crippen LogP contribution in [0.15, 0.2) is 85.4 Å². The Hall–Kier alpha value is -12.1. The summed E-state index contributed by atoms with van der Waals surface area (Å²) >= 11 is 4.34. The number of carbonyl (C=O) groups excluding carboxylic acids is 19. The van der Waals surface area contributed by atoms with E-state index in [-0.39, 0.29) is 185 Å². The van der Waals surface area contributed by atoms with Crippen LogP contribution in [0.1, 0.15) is 69.2 Å². The Labute approximate surface area is 768 Å². The van der Waals surface area contributed by atoms with E-state index in [0.29, 0.717) is 0 Å². The van der Waals surface area contributed by atoms with Gasteiger partial charge in [0.2, 0.25) is 0 Å². The molecule has 0 radical (unpaired) electrons. The Kier molecular flexibility index (Phi) is 63.4. The molecule has 730 valence electrons. The minimum Gasteiger partial charge on any atom is -0.464 e. The molecule has 0 aromatic heterocycles. The van der Waals surface area contributed by atoms with E-state index in [2.05, 4.69) is 88.6 Å². The summed E-state index contributed by atoms with van der Waals surface area (Å²) in [4.78, 5) is 236. The summed E-state index contributed by atoms with van der Waals surface area (Å²) in [6.07, 6.45) is -12.6. The molecule has 0 fully saturated rings. The molecule has 8 N–H and O–H groups in total. The first-order valence-corrected chi connectivity index (χ1v) is 44.3. The van der Waals surface area contributed by atoms with Crippen molar-refractivity contribution in [2.24, 2.45) is 23.7 Å². The van der Waals surface area contributed by atoms with Crippen molar-refractivity contribution in [1.29, 1.82) is 0 Å². The Morgan fingerprint density at radius 2 is 0.446 bits per heavy atom. The highest BCUT2D eigenvalue weighted by Gasteiger charge is 2.28. The molecule has 0 aliphatic rings. The summed E-state index contributed by atoms with van der Waals surface area (Å²) in [7, 11) is 0. The van der Waals surface area contributed by atoms with Crippen molar-refractivity contribution in [3.05, 3.63) is 85.4 Å². The van der Waals surface area contributed by atoms with Crippen LogP contribution in [0, 0.1) is 23.7 Å².